The Morgan fingerprint density at radius 1 is 1.35 bits per heavy atom. The number of aryl methyl sites for hydroxylation is 1. The summed E-state index contributed by atoms with van der Waals surface area (Å²) in [6, 6.07) is 0.543. The number of nitrogens with one attached hydrogen (secondary N) is 2. The van der Waals surface area contributed by atoms with Gasteiger partial charge in [0.15, 0.2) is 5.96 Å². The summed E-state index contributed by atoms with van der Waals surface area (Å²) in [4.78, 5) is 4.71. The molecule has 0 saturated heterocycles. The molecule has 0 spiro atoms. The number of guanidine groups is 1. The summed E-state index contributed by atoms with van der Waals surface area (Å²) in [5.41, 5.74) is 0.499. The first-order chi connectivity index (χ1) is 11.0. The Balaban J connectivity index is 1.85. The smallest absolute Gasteiger partial charge is 0.191 e. The molecule has 23 heavy (non-hydrogen) atoms. The molecule has 0 atom stereocenters. The summed E-state index contributed by atoms with van der Waals surface area (Å²) in [5.74, 6) is 1.95. The minimum atomic E-state index is 0.499. The van der Waals surface area contributed by atoms with Crippen LogP contribution < -0.4 is 10.6 Å². The molecule has 0 unspecified atom stereocenters. The maximum Gasteiger partial charge on any atom is 0.191 e. The van der Waals surface area contributed by atoms with E-state index in [0.29, 0.717) is 11.5 Å². The standard InChI is InChI=1S/C17H32N6/c1-5-15-22-20-13-23(15)12-11-19-16(18-6-2)21-14-7-9-17(3,4)10-8-14/h13-14H,5-12H2,1-4H3,(H2,18,19,21). The first kappa shape index (κ1) is 17.8. The van der Waals surface area contributed by atoms with E-state index in [9.17, 15) is 0 Å². The van der Waals surface area contributed by atoms with E-state index in [2.05, 4.69) is 53.1 Å². The van der Waals surface area contributed by atoms with Crippen molar-refractivity contribution in [2.24, 2.45) is 10.4 Å². The number of nitrogens with zero attached hydrogens (tertiary/aromatic N) is 4. The van der Waals surface area contributed by atoms with Crippen molar-refractivity contribution in [3.63, 3.8) is 0 Å². The zero-order valence-corrected chi connectivity index (χ0v) is 15.1. The van der Waals surface area contributed by atoms with Gasteiger partial charge in [0.1, 0.15) is 12.2 Å². The molecule has 130 valence electrons. The molecule has 2 rings (SSSR count). The number of hydrogen-bond acceptors (Lipinski definition) is 3. The third kappa shape index (κ3) is 5.52. The second-order valence-electron chi connectivity index (χ2n) is 7.14. The molecule has 1 saturated carbocycles. The molecule has 0 amide bonds. The van der Waals surface area contributed by atoms with Crippen molar-refractivity contribution in [3.05, 3.63) is 12.2 Å². The van der Waals surface area contributed by atoms with Gasteiger partial charge in [-0.15, -0.1) is 10.2 Å². The second kappa shape index (κ2) is 8.31. The lowest BCUT2D eigenvalue weighted by Crippen LogP contribution is -2.45. The van der Waals surface area contributed by atoms with E-state index in [0.717, 1.165) is 37.8 Å². The summed E-state index contributed by atoms with van der Waals surface area (Å²) < 4.78 is 2.08. The lowest BCUT2D eigenvalue weighted by molar-refractivity contribution is 0.216. The van der Waals surface area contributed by atoms with Gasteiger partial charge in [-0.3, -0.25) is 4.99 Å². The van der Waals surface area contributed by atoms with Crippen molar-refractivity contribution < 1.29 is 0 Å². The molecule has 1 aliphatic rings. The highest BCUT2D eigenvalue weighted by Crippen LogP contribution is 2.34. The number of aliphatic imine (C=N–C) groups is 1. The van der Waals surface area contributed by atoms with E-state index in [1.165, 1.54) is 25.7 Å². The number of hydrogen-bond donors (Lipinski definition) is 2. The molecule has 1 heterocycles. The Labute approximate surface area is 140 Å². The van der Waals surface area contributed by atoms with Crippen molar-refractivity contribution in [1.29, 1.82) is 0 Å². The highest BCUT2D eigenvalue weighted by molar-refractivity contribution is 5.80. The topological polar surface area (TPSA) is 67.1 Å². The molecule has 1 fully saturated rings. The average Bonchev–Trinajstić information content (AvgIpc) is 2.97. The van der Waals surface area contributed by atoms with Gasteiger partial charge >= 0.3 is 0 Å². The van der Waals surface area contributed by atoms with Crippen molar-refractivity contribution in [3.8, 4) is 0 Å². The van der Waals surface area contributed by atoms with E-state index in [1.807, 2.05) is 0 Å². The predicted octanol–water partition coefficient (Wildman–Crippen LogP) is 2.36. The molecule has 6 heteroatoms. The van der Waals surface area contributed by atoms with Gasteiger partial charge in [-0.2, -0.15) is 0 Å². The molecule has 1 aromatic rings. The predicted molar refractivity (Wildman–Crippen MR) is 94.6 cm³/mol. The second-order valence-corrected chi connectivity index (χ2v) is 7.14. The fourth-order valence-electron chi connectivity index (χ4n) is 3.07. The first-order valence-corrected chi connectivity index (χ1v) is 8.95. The van der Waals surface area contributed by atoms with Crippen molar-refractivity contribution >= 4 is 5.96 Å². The third-order valence-electron chi connectivity index (χ3n) is 4.65. The number of rotatable bonds is 6. The molecule has 6 nitrogen and oxygen atoms in total. The molecular weight excluding hydrogens is 288 g/mol. The largest absolute Gasteiger partial charge is 0.357 e. The lowest BCUT2D eigenvalue weighted by atomic mass is 9.75. The zero-order valence-electron chi connectivity index (χ0n) is 15.1. The number of aromatic nitrogens is 3. The molecular formula is C17H32N6. The van der Waals surface area contributed by atoms with Gasteiger partial charge in [0.25, 0.3) is 0 Å². The monoisotopic (exact) mass is 320 g/mol. The van der Waals surface area contributed by atoms with E-state index < -0.39 is 0 Å². The van der Waals surface area contributed by atoms with Crippen molar-refractivity contribution in [2.45, 2.75) is 72.4 Å². The Kier molecular flexibility index (Phi) is 6.42. The van der Waals surface area contributed by atoms with Gasteiger partial charge in [0, 0.05) is 25.6 Å². The highest BCUT2D eigenvalue weighted by atomic mass is 15.3. The maximum absolute atomic E-state index is 4.71. The van der Waals surface area contributed by atoms with E-state index in [1.54, 1.807) is 6.33 Å². The Hall–Kier alpha value is -1.59. The summed E-state index contributed by atoms with van der Waals surface area (Å²) >= 11 is 0. The van der Waals surface area contributed by atoms with Gasteiger partial charge in [-0.05, 0) is 38.0 Å². The molecule has 0 aliphatic heterocycles. The maximum atomic E-state index is 4.71. The van der Waals surface area contributed by atoms with Crippen LogP contribution in [-0.4, -0.2) is 39.9 Å². The van der Waals surface area contributed by atoms with E-state index in [4.69, 9.17) is 4.99 Å². The van der Waals surface area contributed by atoms with Crippen LogP contribution in [0.2, 0.25) is 0 Å². The fraction of sp³-hybridized carbons (Fsp3) is 0.824. The normalized spacial score (nSPS) is 18.9. The minimum absolute atomic E-state index is 0.499. The van der Waals surface area contributed by atoms with Crippen LogP contribution in [0.4, 0.5) is 0 Å². The minimum Gasteiger partial charge on any atom is -0.357 e. The van der Waals surface area contributed by atoms with Crippen LogP contribution in [0.15, 0.2) is 11.3 Å². The van der Waals surface area contributed by atoms with Crippen LogP contribution in [0.3, 0.4) is 0 Å². The summed E-state index contributed by atoms with van der Waals surface area (Å²) in [5, 5.41) is 15.0. The van der Waals surface area contributed by atoms with Crippen LogP contribution in [0, 0.1) is 5.41 Å². The fourth-order valence-corrected chi connectivity index (χ4v) is 3.07. The molecule has 0 bridgehead atoms. The van der Waals surface area contributed by atoms with Crippen LogP contribution >= 0.6 is 0 Å². The van der Waals surface area contributed by atoms with Gasteiger partial charge in [0.05, 0.1) is 6.54 Å². The van der Waals surface area contributed by atoms with Crippen LogP contribution in [0.1, 0.15) is 59.2 Å². The van der Waals surface area contributed by atoms with Crippen molar-refractivity contribution in [1.82, 2.24) is 25.4 Å². The molecule has 1 aliphatic carbocycles. The molecule has 1 aromatic heterocycles. The molecule has 0 radical (unpaired) electrons. The van der Waals surface area contributed by atoms with Crippen LogP contribution in [0.5, 0.6) is 0 Å². The van der Waals surface area contributed by atoms with Gasteiger partial charge in [-0.1, -0.05) is 20.8 Å². The highest BCUT2D eigenvalue weighted by Gasteiger charge is 2.27. The van der Waals surface area contributed by atoms with E-state index >= 15 is 0 Å². The Bertz CT molecular complexity index is 495. The lowest BCUT2D eigenvalue weighted by Gasteiger charge is -2.35. The van der Waals surface area contributed by atoms with Crippen LogP contribution in [-0.2, 0) is 13.0 Å². The third-order valence-corrected chi connectivity index (χ3v) is 4.65. The molecule has 0 aromatic carbocycles. The summed E-state index contributed by atoms with van der Waals surface area (Å²) in [6.07, 6.45) is 7.71. The first-order valence-electron chi connectivity index (χ1n) is 8.95. The summed E-state index contributed by atoms with van der Waals surface area (Å²) in [6.45, 7) is 11.4. The SMILES string of the molecule is CCNC(=NCCn1cnnc1CC)NC1CCC(C)(C)CC1. The molecule has 2 N–H and O–H groups in total. The van der Waals surface area contributed by atoms with Gasteiger partial charge < -0.3 is 15.2 Å². The Morgan fingerprint density at radius 3 is 2.74 bits per heavy atom. The average molecular weight is 320 g/mol. The van der Waals surface area contributed by atoms with Crippen LogP contribution in [0.25, 0.3) is 0 Å². The van der Waals surface area contributed by atoms with Gasteiger partial charge in [0.2, 0.25) is 0 Å². The Morgan fingerprint density at radius 2 is 2.09 bits per heavy atom. The van der Waals surface area contributed by atoms with Gasteiger partial charge in [-0.25, -0.2) is 0 Å². The summed E-state index contributed by atoms with van der Waals surface area (Å²) in [7, 11) is 0. The van der Waals surface area contributed by atoms with E-state index in [-0.39, 0.29) is 0 Å². The zero-order chi connectivity index (χ0) is 16.7. The van der Waals surface area contributed by atoms with Crippen molar-refractivity contribution in [2.75, 3.05) is 13.1 Å². The quantitative estimate of drug-likeness (QED) is 0.624.